The van der Waals surface area contributed by atoms with Gasteiger partial charge in [0.1, 0.15) is 0 Å². The van der Waals surface area contributed by atoms with E-state index in [0.717, 1.165) is 46.4 Å². The van der Waals surface area contributed by atoms with Crippen LogP contribution in [0.2, 0.25) is 5.02 Å². The molecule has 6 heteroatoms. The van der Waals surface area contributed by atoms with Gasteiger partial charge in [0.05, 0.1) is 17.9 Å². The summed E-state index contributed by atoms with van der Waals surface area (Å²) >= 11 is 5.92. The van der Waals surface area contributed by atoms with Crippen molar-refractivity contribution in [2.24, 2.45) is 5.73 Å². The summed E-state index contributed by atoms with van der Waals surface area (Å²) in [7, 11) is 0. The first-order valence-electron chi connectivity index (χ1n) is 8.63. The van der Waals surface area contributed by atoms with Crippen LogP contribution >= 0.6 is 11.6 Å². The Morgan fingerprint density at radius 2 is 1.92 bits per heavy atom. The third kappa shape index (κ3) is 3.79. The number of hydrogen-bond acceptors (Lipinski definition) is 3. The second-order valence-corrected chi connectivity index (χ2v) is 6.98. The van der Waals surface area contributed by atoms with Crippen molar-refractivity contribution >= 4 is 22.5 Å². The van der Waals surface area contributed by atoms with E-state index in [0.29, 0.717) is 0 Å². The van der Waals surface area contributed by atoms with Gasteiger partial charge in [-0.2, -0.15) is 10.2 Å². The normalized spacial score (nSPS) is 12.5. The summed E-state index contributed by atoms with van der Waals surface area (Å²) in [5.74, 6) is 0. The fourth-order valence-electron chi connectivity index (χ4n) is 3.08. The number of aryl methyl sites for hydroxylation is 1. The molecule has 5 nitrogen and oxygen atoms in total. The van der Waals surface area contributed by atoms with Crippen LogP contribution in [-0.4, -0.2) is 26.0 Å². The Morgan fingerprint density at radius 3 is 2.77 bits per heavy atom. The van der Waals surface area contributed by atoms with E-state index in [-0.39, 0.29) is 6.04 Å². The van der Waals surface area contributed by atoms with Crippen molar-refractivity contribution in [2.45, 2.75) is 25.4 Å². The fourth-order valence-corrected chi connectivity index (χ4v) is 3.21. The highest BCUT2D eigenvalue weighted by atomic mass is 35.5. The average molecular weight is 366 g/mol. The zero-order valence-electron chi connectivity index (χ0n) is 14.3. The molecule has 0 fully saturated rings. The zero-order valence-corrected chi connectivity index (χ0v) is 15.0. The molecule has 2 aromatic heterocycles. The molecule has 132 valence electrons. The Labute approximate surface area is 156 Å². The summed E-state index contributed by atoms with van der Waals surface area (Å²) in [4.78, 5) is 0. The third-order valence-corrected chi connectivity index (χ3v) is 4.80. The predicted molar refractivity (Wildman–Crippen MR) is 105 cm³/mol. The molecule has 0 bridgehead atoms. The first-order valence-corrected chi connectivity index (χ1v) is 9.01. The summed E-state index contributed by atoms with van der Waals surface area (Å²) in [5.41, 5.74) is 10.7. The number of nitrogens with zero attached hydrogens (tertiary/aromatic N) is 3. The van der Waals surface area contributed by atoms with Crippen LogP contribution in [0.3, 0.4) is 0 Å². The monoisotopic (exact) mass is 365 g/mol. The molecule has 0 aliphatic carbocycles. The van der Waals surface area contributed by atoms with Crippen LogP contribution in [0.5, 0.6) is 0 Å². The Hall–Kier alpha value is -2.63. The Kier molecular flexibility index (Phi) is 4.73. The highest BCUT2D eigenvalue weighted by molar-refractivity contribution is 6.30. The fraction of sp³-hybridized carbons (Fsp3) is 0.200. The third-order valence-electron chi connectivity index (χ3n) is 4.55. The first-order chi connectivity index (χ1) is 12.7. The van der Waals surface area contributed by atoms with E-state index in [2.05, 4.69) is 33.6 Å². The molecule has 4 aromatic rings. The predicted octanol–water partition coefficient (Wildman–Crippen LogP) is 4.04. The molecule has 0 saturated heterocycles. The number of halogens is 1. The van der Waals surface area contributed by atoms with Gasteiger partial charge in [0.15, 0.2) is 0 Å². The van der Waals surface area contributed by atoms with E-state index in [1.165, 1.54) is 5.56 Å². The molecule has 0 aliphatic rings. The highest BCUT2D eigenvalue weighted by Crippen LogP contribution is 2.23. The molecule has 0 spiro atoms. The van der Waals surface area contributed by atoms with Gasteiger partial charge >= 0.3 is 0 Å². The molecule has 3 N–H and O–H groups in total. The van der Waals surface area contributed by atoms with Crippen LogP contribution in [-0.2, 0) is 13.0 Å². The van der Waals surface area contributed by atoms with E-state index in [4.69, 9.17) is 17.3 Å². The van der Waals surface area contributed by atoms with Gasteiger partial charge in [0.25, 0.3) is 0 Å². The summed E-state index contributed by atoms with van der Waals surface area (Å²) in [6.45, 7) is 0.794. The lowest BCUT2D eigenvalue weighted by Crippen LogP contribution is -2.24. The van der Waals surface area contributed by atoms with Gasteiger partial charge in [-0.1, -0.05) is 29.8 Å². The van der Waals surface area contributed by atoms with Gasteiger partial charge in [-0.05, 0) is 48.2 Å². The van der Waals surface area contributed by atoms with E-state index < -0.39 is 0 Å². The smallest absolute Gasteiger partial charge is 0.0650 e. The number of fused-ring (bicyclic) bond motifs is 1. The number of aromatic nitrogens is 4. The zero-order chi connectivity index (χ0) is 17.9. The van der Waals surface area contributed by atoms with Crippen LogP contribution in [0.4, 0.5) is 0 Å². The van der Waals surface area contributed by atoms with Crippen LogP contribution in [0.25, 0.3) is 22.0 Å². The minimum Gasteiger partial charge on any atom is -0.327 e. The first kappa shape index (κ1) is 16.8. The van der Waals surface area contributed by atoms with Gasteiger partial charge in [-0.25, -0.2) is 0 Å². The topological polar surface area (TPSA) is 72.5 Å². The van der Waals surface area contributed by atoms with Gasteiger partial charge in [-0.15, -0.1) is 0 Å². The van der Waals surface area contributed by atoms with Crippen LogP contribution in [0.1, 0.15) is 12.0 Å². The average Bonchev–Trinajstić information content (AvgIpc) is 3.30. The summed E-state index contributed by atoms with van der Waals surface area (Å²) in [6, 6.07) is 14.2. The number of nitrogens with two attached hydrogens (primary N) is 1. The van der Waals surface area contributed by atoms with E-state index in [9.17, 15) is 0 Å². The lowest BCUT2D eigenvalue weighted by atomic mass is 10.0. The van der Waals surface area contributed by atoms with Crippen molar-refractivity contribution in [3.05, 3.63) is 71.6 Å². The summed E-state index contributed by atoms with van der Waals surface area (Å²) < 4.78 is 1.95. The number of H-pyrrole nitrogens is 1. The maximum atomic E-state index is 6.28. The molecule has 0 saturated carbocycles. The second-order valence-electron chi connectivity index (χ2n) is 6.54. The van der Waals surface area contributed by atoms with Gasteiger partial charge < -0.3 is 5.73 Å². The Balaban J connectivity index is 1.37. The number of rotatable bonds is 6. The second kappa shape index (κ2) is 7.32. The lowest BCUT2D eigenvalue weighted by Gasteiger charge is -2.11. The van der Waals surface area contributed by atoms with Crippen molar-refractivity contribution in [1.82, 2.24) is 20.0 Å². The van der Waals surface area contributed by atoms with E-state index >= 15 is 0 Å². The Morgan fingerprint density at radius 1 is 1.08 bits per heavy atom. The Bertz CT molecular complexity index is 1000. The van der Waals surface area contributed by atoms with Crippen molar-refractivity contribution in [2.75, 3.05) is 0 Å². The molecule has 2 heterocycles. The maximum absolute atomic E-state index is 6.28. The quantitative estimate of drug-likeness (QED) is 0.541. The molecule has 0 amide bonds. The molecule has 4 rings (SSSR count). The molecule has 0 aliphatic heterocycles. The molecule has 2 aromatic carbocycles. The minimum atomic E-state index is 0.0890. The summed E-state index contributed by atoms with van der Waals surface area (Å²) in [6.07, 6.45) is 7.49. The molecule has 1 atom stereocenters. The van der Waals surface area contributed by atoms with Crippen molar-refractivity contribution < 1.29 is 0 Å². The van der Waals surface area contributed by atoms with Crippen molar-refractivity contribution in [3.8, 4) is 11.1 Å². The minimum absolute atomic E-state index is 0.0890. The number of hydrogen-bond donors (Lipinski definition) is 2. The highest BCUT2D eigenvalue weighted by Gasteiger charge is 2.07. The van der Waals surface area contributed by atoms with E-state index in [1.54, 1.807) is 0 Å². The van der Waals surface area contributed by atoms with Crippen LogP contribution < -0.4 is 5.73 Å². The SMILES string of the molecule is NC(CCn1cc(-c2ccc3[nH]ncc3c2)cn1)Cc1ccc(Cl)cc1. The van der Waals surface area contributed by atoms with Gasteiger partial charge in [-0.3, -0.25) is 9.78 Å². The molecule has 0 radical (unpaired) electrons. The van der Waals surface area contributed by atoms with Crippen molar-refractivity contribution in [1.29, 1.82) is 0 Å². The standard InChI is InChI=1S/C20H20ClN5/c21-18-4-1-14(2-5-18)9-19(22)7-8-26-13-17(12-24-26)15-3-6-20-16(10-15)11-23-25-20/h1-6,10-13,19H,7-9,22H2,(H,23,25). The number of nitrogens with one attached hydrogen (secondary N) is 1. The van der Waals surface area contributed by atoms with Crippen LogP contribution in [0.15, 0.2) is 61.1 Å². The van der Waals surface area contributed by atoms with E-state index in [1.807, 2.05) is 47.4 Å². The van der Waals surface area contributed by atoms with Gasteiger partial charge in [0.2, 0.25) is 0 Å². The largest absolute Gasteiger partial charge is 0.327 e. The number of benzene rings is 2. The van der Waals surface area contributed by atoms with Crippen molar-refractivity contribution in [3.63, 3.8) is 0 Å². The van der Waals surface area contributed by atoms with Crippen LogP contribution in [0, 0.1) is 0 Å². The van der Waals surface area contributed by atoms with Gasteiger partial charge in [0, 0.05) is 34.8 Å². The molecule has 1 unspecified atom stereocenters. The molecular formula is C20H20ClN5. The molecule has 26 heavy (non-hydrogen) atoms. The maximum Gasteiger partial charge on any atom is 0.0650 e. The lowest BCUT2D eigenvalue weighted by molar-refractivity contribution is 0.507. The summed E-state index contributed by atoms with van der Waals surface area (Å²) in [5, 5.41) is 13.3. The number of aromatic amines is 1. The molecular weight excluding hydrogens is 346 g/mol.